The molecule has 2 aromatic heterocycles. The molecule has 166 valence electrons. The Labute approximate surface area is 193 Å². The van der Waals surface area contributed by atoms with Gasteiger partial charge in [-0.3, -0.25) is 18.8 Å². The lowest BCUT2D eigenvalue weighted by molar-refractivity contribution is -0.127. The van der Waals surface area contributed by atoms with Gasteiger partial charge < -0.3 is 15.0 Å². The summed E-state index contributed by atoms with van der Waals surface area (Å²) in [5.41, 5.74) is 1.11. The first kappa shape index (κ1) is 20.9. The Morgan fingerprint density at radius 1 is 1.12 bits per heavy atom. The summed E-state index contributed by atoms with van der Waals surface area (Å²) in [4.78, 5) is 45.3. The number of carbonyl (C=O) groups excluding carboxylic acids is 2. The van der Waals surface area contributed by atoms with Gasteiger partial charge in [-0.2, -0.15) is 0 Å². The topological polar surface area (TPSA) is 93.0 Å². The average Bonchev–Trinajstić information content (AvgIpc) is 3.34. The van der Waals surface area contributed by atoms with Crippen molar-refractivity contribution in [2.75, 3.05) is 18.0 Å². The van der Waals surface area contributed by atoms with Crippen LogP contribution < -0.4 is 20.5 Å². The molecular weight excluding hydrogens is 440 g/mol. The molecule has 0 saturated heterocycles. The number of hydrogen-bond donors (Lipinski definition) is 1. The molecule has 1 aliphatic heterocycles. The van der Waals surface area contributed by atoms with Crippen molar-refractivity contribution in [1.29, 1.82) is 0 Å². The van der Waals surface area contributed by atoms with Crippen molar-refractivity contribution in [3.8, 4) is 5.75 Å². The summed E-state index contributed by atoms with van der Waals surface area (Å²) in [6.07, 6.45) is 2.66. The number of thiazole rings is 1. The van der Waals surface area contributed by atoms with E-state index in [1.807, 2.05) is 30.3 Å². The van der Waals surface area contributed by atoms with Crippen molar-refractivity contribution < 1.29 is 14.3 Å². The maximum absolute atomic E-state index is 13.4. The number of amides is 2. The molecule has 2 amide bonds. The quantitative estimate of drug-likeness (QED) is 0.494. The minimum atomic E-state index is -0.903. The maximum Gasteiger partial charge on any atom is 0.271 e. The van der Waals surface area contributed by atoms with Gasteiger partial charge in [0.25, 0.3) is 17.4 Å². The molecule has 0 fully saturated rings. The van der Waals surface area contributed by atoms with Crippen molar-refractivity contribution in [3.05, 3.63) is 93.9 Å². The summed E-state index contributed by atoms with van der Waals surface area (Å²) < 4.78 is 7.24. The van der Waals surface area contributed by atoms with E-state index < -0.39 is 17.6 Å². The Morgan fingerprint density at radius 2 is 1.91 bits per heavy atom. The molecule has 2 aromatic carbocycles. The van der Waals surface area contributed by atoms with Crippen LogP contribution in [0.2, 0.25) is 0 Å². The van der Waals surface area contributed by atoms with Gasteiger partial charge in [-0.1, -0.05) is 42.5 Å². The second-order valence-corrected chi connectivity index (χ2v) is 8.42. The number of benzene rings is 2. The highest BCUT2D eigenvalue weighted by atomic mass is 32.1. The van der Waals surface area contributed by atoms with Gasteiger partial charge in [0.2, 0.25) is 0 Å². The molecule has 8 nitrogen and oxygen atoms in total. The van der Waals surface area contributed by atoms with Crippen LogP contribution in [-0.4, -0.2) is 40.4 Å². The Bertz CT molecular complexity index is 1380. The summed E-state index contributed by atoms with van der Waals surface area (Å²) in [7, 11) is 0. The lowest BCUT2D eigenvalue weighted by Gasteiger charge is -2.34. The normalized spacial score (nSPS) is 15.0. The fraction of sp³-hybridized carbons (Fsp3) is 0.167. The van der Waals surface area contributed by atoms with E-state index in [9.17, 15) is 14.4 Å². The first-order valence-electron chi connectivity index (χ1n) is 10.5. The van der Waals surface area contributed by atoms with Gasteiger partial charge in [-0.05, 0) is 24.1 Å². The number of hydrogen-bond acceptors (Lipinski definition) is 6. The van der Waals surface area contributed by atoms with Crippen LogP contribution in [0.4, 0.5) is 5.69 Å². The third-order valence-electron chi connectivity index (χ3n) is 5.44. The van der Waals surface area contributed by atoms with Gasteiger partial charge in [0, 0.05) is 24.3 Å². The standard InChI is InChI=1S/C24H20N4O4S/c29-21(25-11-10-16-6-2-1-3-7-16)20-15-28(18-8-4-5-9-19(18)32-20)23(31)17-14-26-24-27(22(17)30)12-13-33-24/h1-9,12-14,20H,10-11,15H2,(H,25,29). The predicted octanol–water partition coefficient (Wildman–Crippen LogP) is 2.52. The zero-order valence-corrected chi connectivity index (χ0v) is 18.3. The Balaban J connectivity index is 1.37. The number of aromatic nitrogens is 2. The van der Waals surface area contributed by atoms with E-state index >= 15 is 0 Å². The van der Waals surface area contributed by atoms with E-state index in [1.165, 1.54) is 26.8 Å². The maximum atomic E-state index is 13.4. The fourth-order valence-electron chi connectivity index (χ4n) is 3.77. The highest BCUT2D eigenvalue weighted by Gasteiger charge is 2.35. The van der Waals surface area contributed by atoms with Gasteiger partial charge in [-0.15, -0.1) is 11.3 Å². The van der Waals surface area contributed by atoms with E-state index in [-0.39, 0.29) is 18.0 Å². The molecule has 3 heterocycles. The van der Waals surface area contributed by atoms with Gasteiger partial charge in [0.05, 0.1) is 12.2 Å². The minimum absolute atomic E-state index is 0.0151. The number of rotatable bonds is 5. The molecule has 0 bridgehead atoms. The van der Waals surface area contributed by atoms with Crippen molar-refractivity contribution in [2.24, 2.45) is 0 Å². The monoisotopic (exact) mass is 460 g/mol. The van der Waals surface area contributed by atoms with Crippen LogP contribution in [0.3, 0.4) is 0 Å². The highest BCUT2D eigenvalue weighted by Crippen LogP contribution is 2.33. The van der Waals surface area contributed by atoms with Gasteiger partial charge >= 0.3 is 0 Å². The van der Waals surface area contributed by atoms with Crippen LogP contribution in [0, 0.1) is 0 Å². The van der Waals surface area contributed by atoms with Crippen LogP contribution in [0.15, 0.2) is 77.2 Å². The number of nitrogens with one attached hydrogen (secondary N) is 1. The number of fused-ring (bicyclic) bond motifs is 2. The SMILES string of the molecule is O=C(NCCc1ccccc1)C1CN(C(=O)c2cnc3sccn3c2=O)c2ccccc2O1. The second-order valence-electron chi connectivity index (χ2n) is 7.55. The van der Waals surface area contributed by atoms with E-state index in [2.05, 4.69) is 10.3 Å². The Hall–Kier alpha value is -3.98. The van der Waals surface area contributed by atoms with Crippen LogP contribution in [0.1, 0.15) is 15.9 Å². The van der Waals surface area contributed by atoms with E-state index in [0.717, 1.165) is 5.56 Å². The smallest absolute Gasteiger partial charge is 0.271 e. The van der Waals surface area contributed by atoms with Crippen molar-refractivity contribution in [1.82, 2.24) is 14.7 Å². The fourth-order valence-corrected chi connectivity index (χ4v) is 4.44. The van der Waals surface area contributed by atoms with Crippen molar-refractivity contribution >= 4 is 33.8 Å². The number of nitrogens with zero attached hydrogens (tertiary/aromatic N) is 3. The number of anilines is 1. The van der Waals surface area contributed by atoms with Crippen molar-refractivity contribution in [2.45, 2.75) is 12.5 Å². The van der Waals surface area contributed by atoms with Gasteiger partial charge in [0.15, 0.2) is 11.1 Å². The zero-order valence-electron chi connectivity index (χ0n) is 17.5. The molecule has 0 aliphatic carbocycles. The summed E-state index contributed by atoms with van der Waals surface area (Å²) in [6, 6.07) is 16.8. The lowest BCUT2D eigenvalue weighted by atomic mass is 10.1. The molecule has 0 saturated carbocycles. The van der Waals surface area contributed by atoms with Crippen LogP contribution >= 0.6 is 11.3 Å². The average molecular weight is 461 g/mol. The summed E-state index contributed by atoms with van der Waals surface area (Å²) in [5, 5.41) is 4.62. The zero-order chi connectivity index (χ0) is 22.8. The van der Waals surface area contributed by atoms with Crippen LogP contribution in [0.5, 0.6) is 5.75 Å². The Morgan fingerprint density at radius 3 is 2.76 bits per heavy atom. The summed E-state index contributed by atoms with van der Waals surface area (Å²) in [6.45, 7) is 0.428. The molecule has 4 aromatic rings. The van der Waals surface area contributed by atoms with Crippen molar-refractivity contribution in [3.63, 3.8) is 0 Å². The molecule has 5 rings (SSSR count). The molecule has 1 aliphatic rings. The third-order valence-corrected chi connectivity index (χ3v) is 6.21. The molecular formula is C24H20N4O4S. The first-order valence-corrected chi connectivity index (χ1v) is 11.3. The highest BCUT2D eigenvalue weighted by molar-refractivity contribution is 7.15. The molecule has 1 atom stereocenters. The molecule has 1 unspecified atom stereocenters. The second kappa shape index (κ2) is 8.87. The van der Waals surface area contributed by atoms with Crippen LogP contribution in [-0.2, 0) is 11.2 Å². The molecule has 1 N–H and O–H groups in total. The number of carbonyl (C=O) groups is 2. The lowest BCUT2D eigenvalue weighted by Crippen LogP contribution is -2.51. The van der Waals surface area contributed by atoms with E-state index in [4.69, 9.17) is 4.74 Å². The van der Waals surface area contributed by atoms with Gasteiger partial charge in [0.1, 0.15) is 11.3 Å². The molecule has 33 heavy (non-hydrogen) atoms. The molecule has 0 spiro atoms. The first-order chi connectivity index (χ1) is 16.1. The van der Waals surface area contributed by atoms with Crippen LogP contribution in [0.25, 0.3) is 4.96 Å². The van der Waals surface area contributed by atoms with E-state index in [0.29, 0.717) is 29.4 Å². The number of para-hydroxylation sites is 2. The number of ether oxygens (including phenoxy) is 1. The van der Waals surface area contributed by atoms with E-state index in [1.54, 1.807) is 35.8 Å². The predicted molar refractivity (Wildman–Crippen MR) is 125 cm³/mol. The molecule has 0 radical (unpaired) electrons. The summed E-state index contributed by atoms with van der Waals surface area (Å²) >= 11 is 1.31. The third kappa shape index (κ3) is 4.10. The largest absolute Gasteiger partial charge is 0.477 e. The Kier molecular flexibility index (Phi) is 5.62. The summed E-state index contributed by atoms with van der Waals surface area (Å²) in [5.74, 6) is -0.433. The molecule has 9 heteroatoms. The minimum Gasteiger partial charge on any atom is -0.477 e. The van der Waals surface area contributed by atoms with Gasteiger partial charge in [-0.25, -0.2) is 4.98 Å².